The molecule has 0 spiro atoms. The molecule has 0 aliphatic heterocycles. The van der Waals surface area contributed by atoms with Gasteiger partial charge in [0, 0.05) is 12.8 Å². The maximum Gasteiger partial charge on any atom is 0.305 e. The summed E-state index contributed by atoms with van der Waals surface area (Å²) in [5, 5.41) is 23.3. The highest BCUT2D eigenvalue weighted by molar-refractivity contribution is 5.76. The van der Waals surface area contributed by atoms with Crippen molar-refractivity contribution >= 4 is 11.9 Å². The lowest BCUT2D eigenvalue weighted by molar-refractivity contribution is -0.143. The predicted molar refractivity (Wildman–Crippen MR) is 375 cm³/mol. The first kappa shape index (κ1) is 83.1. The van der Waals surface area contributed by atoms with Gasteiger partial charge in [-0.15, -0.1) is 0 Å². The summed E-state index contributed by atoms with van der Waals surface area (Å²) in [6.45, 7) is 4.93. The van der Waals surface area contributed by atoms with E-state index in [1.807, 2.05) is 6.08 Å². The Balaban J connectivity index is 3.35. The Morgan fingerprint density at radius 2 is 0.588 bits per heavy atom. The molecular formula is C79H151NO5. The number of aliphatic hydroxyl groups is 2. The van der Waals surface area contributed by atoms with E-state index in [0.717, 1.165) is 51.4 Å². The summed E-state index contributed by atoms with van der Waals surface area (Å²) < 4.78 is 5.50. The number of nitrogens with one attached hydrogen (secondary N) is 1. The molecule has 1 amide bonds. The molecule has 0 bridgehead atoms. The largest absolute Gasteiger partial charge is 0.466 e. The van der Waals surface area contributed by atoms with Crippen LogP contribution in [0.15, 0.2) is 36.5 Å². The van der Waals surface area contributed by atoms with Gasteiger partial charge in [-0.1, -0.05) is 391 Å². The fourth-order valence-electron chi connectivity index (χ4n) is 12.3. The molecule has 6 nitrogen and oxygen atoms in total. The molecule has 85 heavy (non-hydrogen) atoms. The van der Waals surface area contributed by atoms with Crippen molar-refractivity contribution < 1.29 is 24.5 Å². The van der Waals surface area contributed by atoms with Crippen LogP contribution < -0.4 is 5.32 Å². The lowest BCUT2D eigenvalue weighted by Crippen LogP contribution is -2.45. The van der Waals surface area contributed by atoms with E-state index in [0.29, 0.717) is 19.4 Å². The molecule has 0 aliphatic carbocycles. The maximum atomic E-state index is 12.5. The zero-order chi connectivity index (χ0) is 61.3. The third-order valence-electron chi connectivity index (χ3n) is 18.2. The van der Waals surface area contributed by atoms with Gasteiger partial charge in [-0.3, -0.25) is 9.59 Å². The van der Waals surface area contributed by atoms with Crippen LogP contribution in [0.3, 0.4) is 0 Å². The van der Waals surface area contributed by atoms with E-state index in [1.165, 1.54) is 353 Å². The van der Waals surface area contributed by atoms with E-state index >= 15 is 0 Å². The van der Waals surface area contributed by atoms with Crippen molar-refractivity contribution in [2.24, 2.45) is 0 Å². The molecule has 0 aromatic rings. The first-order chi connectivity index (χ1) is 42.0. The zero-order valence-electron chi connectivity index (χ0n) is 57.6. The van der Waals surface area contributed by atoms with Crippen molar-refractivity contribution in [3.63, 3.8) is 0 Å². The highest BCUT2D eigenvalue weighted by Crippen LogP contribution is 2.20. The molecule has 3 N–H and O–H groups in total. The normalized spacial score (nSPS) is 12.7. The molecule has 2 unspecified atom stereocenters. The van der Waals surface area contributed by atoms with Crippen molar-refractivity contribution in [3.8, 4) is 0 Å². The molecule has 0 rings (SSSR count). The van der Waals surface area contributed by atoms with Crippen molar-refractivity contribution in [3.05, 3.63) is 36.5 Å². The van der Waals surface area contributed by atoms with Gasteiger partial charge in [0.05, 0.1) is 25.4 Å². The number of carbonyl (C=O) groups excluding carboxylic acids is 2. The number of esters is 1. The van der Waals surface area contributed by atoms with Gasteiger partial charge in [0.2, 0.25) is 5.91 Å². The van der Waals surface area contributed by atoms with Crippen LogP contribution in [0, 0.1) is 0 Å². The molecule has 0 aromatic carbocycles. The number of ether oxygens (including phenoxy) is 1. The SMILES string of the molecule is CCCCCC/C=C\C/C=C\CCCCCCCC(=O)OCCCCCCCCCCCCCCCCCCCCCCCCCCCCCCCCCCC(=O)NC(CO)C(O)/C=C/CCCCCCCCCCCCCCCCCCCC. The third-order valence-corrected chi connectivity index (χ3v) is 18.2. The van der Waals surface area contributed by atoms with E-state index in [-0.39, 0.29) is 18.5 Å². The van der Waals surface area contributed by atoms with Crippen LogP contribution in [0.25, 0.3) is 0 Å². The minimum absolute atomic E-state index is 0.00805. The molecule has 0 radical (unpaired) electrons. The molecule has 0 fully saturated rings. The number of rotatable bonds is 73. The smallest absolute Gasteiger partial charge is 0.305 e. The number of aliphatic hydroxyl groups excluding tert-OH is 2. The lowest BCUT2D eigenvalue weighted by Gasteiger charge is -2.20. The Bertz CT molecular complexity index is 1380. The number of hydrogen-bond acceptors (Lipinski definition) is 5. The Hall–Kier alpha value is -1.92. The Kier molecular flexibility index (Phi) is 72.9. The monoisotopic (exact) mass is 1190 g/mol. The number of allylic oxidation sites excluding steroid dienone is 5. The van der Waals surface area contributed by atoms with E-state index in [1.54, 1.807) is 6.08 Å². The summed E-state index contributed by atoms with van der Waals surface area (Å²) in [5.41, 5.74) is 0. The Labute approximate surface area is 532 Å². The lowest BCUT2D eigenvalue weighted by atomic mass is 10.0. The van der Waals surface area contributed by atoms with Crippen LogP contribution in [0.4, 0.5) is 0 Å². The fourth-order valence-corrected chi connectivity index (χ4v) is 12.3. The van der Waals surface area contributed by atoms with Crippen LogP contribution in [0.2, 0.25) is 0 Å². The molecule has 2 atom stereocenters. The molecule has 0 aromatic heterocycles. The van der Waals surface area contributed by atoms with Gasteiger partial charge in [-0.05, 0) is 64.2 Å². The molecular weight excluding hydrogens is 1040 g/mol. The van der Waals surface area contributed by atoms with Gasteiger partial charge in [0.25, 0.3) is 0 Å². The second-order valence-corrected chi connectivity index (χ2v) is 26.7. The average Bonchev–Trinajstić information content (AvgIpc) is 3.51. The summed E-state index contributed by atoms with van der Waals surface area (Å²) in [4.78, 5) is 24.6. The summed E-state index contributed by atoms with van der Waals surface area (Å²) in [6.07, 6.45) is 96.9. The first-order valence-corrected chi connectivity index (χ1v) is 38.8. The third kappa shape index (κ3) is 71.0. The number of hydrogen-bond donors (Lipinski definition) is 3. The van der Waals surface area contributed by atoms with Gasteiger partial charge in [-0.25, -0.2) is 0 Å². The fraction of sp³-hybridized carbons (Fsp3) is 0.899. The molecule has 6 heteroatoms. The topological polar surface area (TPSA) is 95.9 Å². The van der Waals surface area contributed by atoms with E-state index in [2.05, 4.69) is 43.5 Å². The Morgan fingerprint density at radius 1 is 0.329 bits per heavy atom. The molecule has 0 saturated heterocycles. The van der Waals surface area contributed by atoms with Gasteiger partial charge in [0.1, 0.15) is 0 Å². The first-order valence-electron chi connectivity index (χ1n) is 38.8. The van der Waals surface area contributed by atoms with Gasteiger partial charge in [0.15, 0.2) is 0 Å². The molecule has 0 saturated carbocycles. The second-order valence-electron chi connectivity index (χ2n) is 26.7. The molecule has 0 heterocycles. The van der Waals surface area contributed by atoms with Crippen LogP contribution >= 0.6 is 0 Å². The van der Waals surface area contributed by atoms with E-state index in [9.17, 15) is 19.8 Å². The highest BCUT2D eigenvalue weighted by Gasteiger charge is 2.18. The quantitative estimate of drug-likeness (QED) is 0.0320. The van der Waals surface area contributed by atoms with E-state index in [4.69, 9.17) is 4.74 Å². The van der Waals surface area contributed by atoms with Crippen LogP contribution in [-0.2, 0) is 14.3 Å². The van der Waals surface area contributed by atoms with Crippen molar-refractivity contribution in [2.75, 3.05) is 13.2 Å². The van der Waals surface area contributed by atoms with Crippen molar-refractivity contribution in [2.45, 2.75) is 443 Å². The van der Waals surface area contributed by atoms with Crippen LogP contribution in [0.5, 0.6) is 0 Å². The van der Waals surface area contributed by atoms with Gasteiger partial charge in [-0.2, -0.15) is 0 Å². The summed E-state index contributed by atoms with van der Waals surface area (Å²) >= 11 is 0. The summed E-state index contributed by atoms with van der Waals surface area (Å²) in [7, 11) is 0. The summed E-state index contributed by atoms with van der Waals surface area (Å²) in [5.74, 6) is -0.0513. The highest BCUT2D eigenvalue weighted by atomic mass is 16.5. The van der Waals surface area contributed by atoms with Crippen molar-refractivity contribution in [1.29, 1.82) is 0 Å². The second kappa shape index (κ2) is 74.5. The van der Waals surface area contributed by atoms with Gasteiger partial charge >= 0.3 is 5.97 Å². The molecule has 0 aliphatic rings. The van der Waals surface area contributed by atoms with Gasteiger partial charge < -0.3 is 20.3 Å². The van der Waals surface area contributed by atoms with Crippen molar-refractivity contribution in [1.82, 2.24) is 5.32 Å². The standard InChI is InChI=1S/C79H151NO5/c1-3-5-7-9-11-13-15-17-19-21-22-37-40-43-47-51-55-59-63-67-71-77(82)76(75-81)80-78(83)72-68-64-60-56-52-48-44-41-38-35-33-31-29-27-25-23-24-26-28-30-32-34-36-39-42-46-50-54-58-62-66-70-74-85-79(84)73-69-65-61-57-53-49-45-20-18-16-14-12-10-8-6-4-2/h14,16,20,45,67,71,76-77,81-82H,3-13,15,17-19,21-44,46-66,68-70,72-75H2,1-2H3,(H,80,83)/b16-14-,45-20-,71-67+. The minimum Gasteiger partial charge on any atom is -0.466 e. The Morgan fingerprint density at radius 3 is 0.906 bits per heavy atom. The number of amides is 1. The predicted octanol–water partition coefficient (Wildman–Crippen LogP) is 25.4. The minimum atomic E-state index is -0.842. The molecule has 502 valence electrons. The number of carbonyl (C=O) groups is 2. The van der Waals surface area contributed by atoms with Crippen LogP contribution in [0.1, 0.15) is 431 Å². The van der Waals surface area contributed by atoms with E-state index < -0.39 is 12.1 Å². The number of unbranched alkanes of at least 4 members (excludes halogenated alkanes) is 58. The van der Waals surface area contributed by atoms with Crippen LogP contribution in [-0.4, -0.2) is 47.4 Å². The zero-order valence-corrected chi connectivity index (χ0v) is 57.6. The maximum absolute atomic E-state index is 12.5. The summed E-state index contributed by atoms with van der Waals surface area (Å²) in [6, 6.07) is -0.625. The average molecular weight is 1200 g/mol.